The number of carbonyl (C=O) groups excluding carboxylic acids is 1. The Morgan fingerprint density at radius 2 is 0.946 bits per heavy atom. The number of halogens is 5. The fourth-order valence-electron chi connectivity index (χ4n) is 9.64. The van der Waals surface area contributed by atoms with Gasteiger partial charge >= 0.3 is 0 Å². The van der Waals surface area contributed by atoms with Crippen molar-refractivity contribution < 1.29 is 9.90 Å². The minimum absolute atomic E-state index is 0.0376. The highest BCUT2D eigenvalue weighted by Crippen LogP contribution is 2.46. The van der Waals surface area contributed by atoms with E-state index in [0.29, 0.717) is 64.6 Å². The molecule has 468 valence electrons. The number of nitrogens with one attached hydrogen (secondary N) is 3. The second-order valence-electron chi connectivity index (χ2n) is 21.1. The zero-order valence-electron chi connectivity index (χ0n) is 49.9. The Hall–Kier alpha value is -10.2. The van der Waals surface area contributed by atoms with E-state index in [2.05, 4.69) is 93.9 Å². The van der Waals surface area contributed by atoms with Gasteiger partial charge in [-0.2, -0.15) is 0 Å². The molecule has 29 heteroatoms. The number of fused-ring (bicyclic) bond motifs is 3. The lowest BCUT2D eigenvalue weighted by Gasteiger charge is -2.10. The number of aldehydes is 1. The summed E-state index contributed by atoms with van der Waals surface area (Å²) >= 11 is 28.7. The largest absolute Gasteiger partial charge is 0.397 e. The lowest BCUT2D eigenvalue weighted by Crippen LogP contribution is -2.03. The van der Waals surface area contributed by atoms with Gasteiger partial charge in [0.1, 0.15) is 45.7 Å². The zero-order valence-corrected chi connectivity index (χ0v) is 53.7. The van der Waals surface area contributed by atoms with Crippen LogP contribution in [0.2, 0.25) is 26.2 Å². The van der Waals surface area contributed by atoms with Crippen LogP contribution in [0.1, 0.15) is 86.8 Å². The molecule has 11 aromatic rings. The van der Waals surface area contributed by atoms with E-state index < -0.39 is 0 Å². The molecule has 0 amide bonds. The first-order valence-corrected chi connectivity index (χ1v) is 30.9. The SMILES string of the molecule is CCO.O=Cc1cnc(Cl)nc1Cl.[C-]#[N+]c1ccc(N)c(NC2CC2)c1.[C-]#[N+]c1ccc2nc(-c3cnc(Cl)nc3Cl)n(C3CC3)c2c1.[C-]#[N+]c1ccc2nc(-c3cnc(Cl)nc3NC)n(C3CC3)c2c1.[C-]#[N+]c1ccc2nc(-c3cncnc3NC)n(C3CC3)c2c1. The van der Waals surface area contributed by atoms with Gasteiger partial charge in [-0.1, -0.05) is 47.5 Å². The standard InChI is InChI=1S/C16H13ClN6.C16H14N6.C15H9Cl2N5.C10H11N3.C5H2Cl2N2O.C2H6O/c1-18-9-3-6-12-13(7-9)23(10-4-5-10)15(21-12)11-8-20-16(17)22-14(11)19-2;1-17-10-3-6-13-14(7-10)22(11-4-5-11)16(21-13)12-8-19-9-20-15(12)18-2;1-18-8-2-5-11-12(6-8)22(9-3-4-9)14(20-11)10-7-19-15(17)21-13(10)16;1-12-8-4-5-9(11)10(6-8)13-7-2-3-7;6-4-3(2-10)1-8-5(7)9-4;1-2-3/h3,6-8,10H,4-5H2,2H3,(H,19,20,22);3,6-9,11H,4-5H2,2H3,(H,18,19,20);2,5-7,9H,3-4H2;4-7,13H,2-3,11H2;1-2H;3H,2H2,1H3. The first kappa shape index (κ1) is 65.8. The highest BCUT2D eigenvalue weighted by Gasteiger charge is 2.33. The Balaban J connectivity index is 0.000000129. The van der Waals surface area contributed by atoms with E-state index in [9.17, 15) is 4.79 Å². The van der Waals surface area contributed by atoms with Gasteiger partial charge in [-0.05, 0) is 142 Å². The van der Waals surface area contributed by atoms with E-state index in [1.165, 1.54) is 25.4 Å². The number of nitrogens with two attached hydrogens (primary N) is 1. The Bertz CT molecular complexity index is 4760. The molecule has 0 bridgehead atoms. The third-order valence-corrected chi connectivity index (χ3v) is 15.6. The van der Waals surface area contributed by atoms with Crippen LogP contribution in [-0.2, 0) is 0 Å². The molecule has 7 aromatic heterocycles. The minimum Gasteiger partial charge on any atom is -0.397 e. The van der Waals surface area contributed by atoms with Crippen molar-refractivity contribution in [3.8, 4) is 34.2 Å². The molecule has 7 heterocycles. The number of nitrogens with zero attached hydrogens (tertiary/aromatic N) is 18. The van der Waals surface area contributed by atoms with Crippen LogP contribution >= 0.6 is 58.0 Å². The molecule has 0 unspecified atom stereocenters. The first-order valence-electron chi connectivity index (χ1n) is 29.0. The first-order chi connectivity index (χ1) is 45.1. The molecule has 4 aliphatic carbocycles. The molecule has 93 heavy (non-hydrogen) atoms. The quantitative estimate of drug-likeness (QED) is 0.0265. The van der Waals surface area contributed by atoms with Crippen LogP contribution in [0, 0.1) is 26.3 Å². The van der Waals surface area contributed by atoms with Crippen molar-refractivity contribution in [2.45, 2.75) is 82.5 Å². The smallest absolute Gasteiger partial charge is 0.224 e. The summed E-state index contributed by atoms with van der Waals surface area (Å²) in [5, 5.41) is 17.7. The molecule has 4 fully saturated rings. The number of carbonyl (C=O) groups is 1. The molecule has 4 aromatic carbocycles. The second kappa shape index (κ2) is 29.9. The van der Waals surface area contributed by atoms with Crippen LogP contribution in [-0.4, -0.2) is 107 Å². The predicted molar refractivity (Wildman–Crippen MR) is 364 cm³/mol. The number of rotatable bonds is 11. The number of anilines is 4. The summed E-state index contributed by atoms with van der Waals surface area (Å²) in [6.45, 7) is 30.4. The molecule has 15 rings (SSSR count). The molecule has 6 N–H and O–H groups in total. The van der Waals surface area contributed by atoms with Gasteiger partial charge < -0.3 is 40.5 Å². The van der Waals surface area contributed by atoms with E-state index in [0.717, 1.165) is 117 Å². The van der Waals surface area contributed by atoms with Gasteiger partial charge in [0.15, 0.2) is 29.0 Å². The molecule has 0 atom stereocenters. The molecule has 0 aliphatic heterocycles. The van der Waals surface area contributed by atoms with E-state index in [1.54, 1.807) is 62.9 Å². The Morgan fingerprint density at radius 3 is 1.37 bits per heavy atom. The van der Waals surface area contributed by atoms with E-state index in [4.69, 9.17) is 105 Å². The van der Waals surface area contributed by atoms with Crippen molar-refractivity contribution in [1.82, 2.24) is 68.5 Å². The van der Waals surface area contributed by atoms with E-state index in [1.807, 2.05) is 49.5 Å². The van der Waals surface area contributed by atoms with Crippen molar-refractivity contribution >= 4 is 143 Å². The highest BCUT2D eigenvalue weighted by molar-refractivity contribution is 6.34. The van der Waals surface area contributed by atoms with Crippen molar-refractivity contribution in [2.24, 2.45) is 0 Å². The monoisotopic (exact) mass is 1340 g/mol. The third-order valence-electron chi connectivity index (χ3n) is 14.5. The summed E-state index contributed by atoms with van der Waals surface area (Å²) in [6, 6.07) is 23.8. The molecule has 0 spiro atoms. The second-order valence-corrected chi connectivity index (χ2v) is 22.8. The average Bonchev–Trinajstić information content (AvgIpc) is 1.62. The van der Waals surface area contributed by atoms with Crippen LogP contribution in [0.4, 0.5) is 45.8 Å². The number of aliphatic hydroxyl groups excluding tert-OH is 1. The average molecular weight is 1340 g/mol. The Morgan fingerprint density at radius 1 is 0.538 bits per heavy atom. The van der Waals surface area contributed by atoms with Crippen LogP contribution in [0.25, 0.3) is 86.6 Å². The van der Waals surface area contributed by atoms with Gasteiger partial charge in [0.25, 0.3) is 0 Å². The minimum atomic E-state index is 0.0376. The summed E-state index contributed by atoms with van der Waals surface area (Å²) in [5.41, 5.74) is 18.0. The van der Waals surface area contributed by atoms with E-state index in [-0.39, 0.29) is 38.3 Å². The highest BCUT2D eigenvalue weighted by atomic mass is 35.5. The summed E-state index contributed by atoms with van der Waals surface area (Å²) in [4.78, 5) is 70.1. The summed E-state index contributed by atoms with van der Waals surface area (Å²) in [5.74, 6) is 3.81. The van der Waals surface area contributed by atoms with Crippen molar-refractivity contribution in [2.75, 3.05) is 42.4 Å². The normalized spacial score (nSPS) is 13.4. The number of aliphatic hydroxyl groups is 1. The molecular formula is C64H55Cl5N22O2. The maximum atomic E-state index is 10.1. The van der Waals surface area contributed by atoms with E-state index >= 15 is 0 Å². The van der Waals surface area contributed by atoms with Gasteiger partial charge in [-0.15, -0.1) is 0 Å². The number of benzene rings is 4. The fraction of sp³-hybridized carbons (Fsp3) is 0.250. The molecule has 0 radical (unpaired) electrons. The number of hydrogen-bond donors (Lipinski definition) is 5. The van der Waals surface area contributed by atoms with Gasteiger partial charge in [0.05, 0.1) is 87.3 Å². The fourth-order valence-corrected chi connectivity index (χ4v) is 10.5. The zero-order chi connectivity index (χ0) is 65.9. The number of imidazole rings is 3. The van der Waals surface area contributed by atoms with Gasteiger partial charge in [-0.3, -0.25) is 4.79 Å². The number of nitrogen functional groups attached to an aromatic ring is 1. The van der Waals surface area contributed by atoms with Crippen molar-refractivity contribution in [3.05, 3.63) is 181 Å². The number of hydrogen-bond acceptors (Lipinski definition) is 17. The maximum Gasteiger partial charge on any atom is 0.224 e. The molecule has 0 saturated heterocycles. The van der Waals surface area contributed by atoms with Gasteiger partial charge in [-0.25, -0.2) is 74.2 Å². The lowest BCUT2D eigenvalue weighted by atomic mass is 10.2. The summed E-state index contributed by atoms with van der Waals surface area (Å²) in [7, 11) is 3.64. The van der Waals surface area contributed by atoms with Crippen molar-refractivity contribution in [1.29, 1.82) is 0 Å². The lowest BCUT2D eigenvalue weighted by molar-refractivity contribution is 0.112. The topological polar surface area (TPSA) is 273 Å². The molecule has 4 aliphatic rings. The van der Waals surface area contributed by atoms with Crippen LogP contribution in [0.3, 0.4) is 0 Å². The molecule has 24 nitrogen and oxygen atoms in total. The number of aromatic nitrogens is 14. The Kier molecular flexibility index (Phi) is 21.1. The molecular weight excluding hydrogens is 1290 g/mol. The Labute approximate surface area is 558 Å². The summed E-state index contributed by atoms with van der Waals surface area (Å²) in [6.07, 6.45) is 17.5. The molecule has 4 saturated carbocycles. The maximum absolute atomic E-state index is 10.1. The van der Waals surface area contributed by atoms with Crippen molar-refractivity contribution in [3.63, 3.8) is 0 Å². The third kappa shape index (κ3) is 15.8. The van der Waals surface area contributed by atoms with Crippen LogP contribution in [0.15, 0.2) is 104 Å². The van der Waals surface area contributed by atoms with Crippen LogP contribution in [0.5, 0.6) is 0 Å². The van der Waals surface area contributed by atoms with Gasteiger partial charge in [0.2, 0.25) is 15.9 Å². The van der Waals surface area contributed by atoms with Crippen LogP contribution < -0.4 is 21.7 Å². The van der Waals surface area contributed by atoms with Gasteiger partial charge in [0, 0.05) is 75.3 Å². The predicted octanol–water partition coefficient (Wildman–Crippen LogP) is 16.2. The summed E-state index contributed by atoms with van der Waals surface area (Å²) < 4.78 is 6.55.